The molecule has 0 spiro atoms. The van der Waals surface area contributed by atoms with Crippen LogP contribution in [0.25, 0.3) is 0 Å². The van der Waals surface area contributed by atoms with Crippen LogP contribution in [0.5, 0.6) is 5.75 Å². The Hall–Kier alpha value is -0.740. The second kappa shape index (κ2) is 5.93. The van der Waals surface area contributed by atoms with Crippen molar-refractivity contribution in [2.75, 3.05) is 6.61 Å². The maximum Gasteiger partial charge on any atom is 0.139 e. The van der Waals surface area contributed by atoms with E-state index in [9.17, 15) is 0 Å². The van der Waals surface area contributed by atoms with Gasteiger partial charge >= 0.3 is 0 Å². The van der Waals surface area contributed by atoms with E-state index in [0.717, 1.165) is 10.4 Å². The summed E-state index contributed by atoms with van der Waals surface area (Å²) in [5, 5.41) is 3.09. The van der Waals surface area contributed by atoms with Crippen molar-refractivity contribution in [2.45, 2.75) is 13.0 Å². The molecular weight excluding hydrogens is 289 g/mol. The van der Waals surface area contributed by atoms with Crippen LogP contribution in [0, 0.1) is 0 Å². The van der Waals surface area contributed by atoms with Gasteiger partial charge in [-0.3, -0.25) is 0 Å². The molecule has 1 aromatic heterocycles. The summed E-state index contributed by atoms with van der Waals surface area (Å²) < 4.78 is 5.39. The lowest BCUT2D eigenvalue weighted by Crippen LogP contribution is -2.11. The zero-order chi connectivity index (χ0) is 13.1. The van der Waals surface area contributed by atoms with Crippen molar-refractivity contribution in [3.63, 3.8) is 0 Å². The molecule has 1 unspecified atom stereocenters. The van der Waals surface area contributed by atoms with Gasteiger partial charge < -0.3 is 10.5 Å². The van der Waals surface area contributed by atoms with E-state index < -0.39 is 0 Å². The third kappa shape index (κ3) is 2.81. The highest BCUT2D eigenvalue weighted by Crippen LogP contribution is 2.36. The summed E-state index contributed by atoms with van der Waals surface area (Å²) >= 11 is 14.0. The molecule has 2 nitrogen and oxygen atoms in total. The van der Waals surface area contributed by atoms with Gasteiger partial charge in [0.15, 0.2) is 0 Å². The van der Waals surface area contributed by atoms with Crippen molar-refractivity contribution in [3.8, 4) is 5.75 Å². The molecule has 0 saturated carbocycles. The first-order valence-electron chi connectivity index (χ1n) is 5.54. The third-order valence-corrected chi connectivity index (χ3v) is 4.11. The maximum atomic E-state index is 6.23. The van der Waals surface area contributed by atoms with Gasteiger partial charge in [0.05, 0.1) is 17.7 Å². The van der Waals surface area contributed by atoms with Gasteiger partial charge in [0.2, 0.25) is 0 Å². The Morgan fingerprint density at radius 2 is 2.11 bits per heavy atom. The Labute approximate surface area is 120 Å². The molecule has 0 amide bonds. The zero-order valence-electron chi connectivity index (χ0n) is 9.82. The van der Waals surface area contributed by atoms with E-state index in [4.69, 9.17) is 33.7 Å². The van der Waals surface area contributed by atoms with Crippen LogP contribution in [-0.2, 0) is 0 Å². The third-order valence-electron chi connectivity index (χ3n) is 2.54. The Morgan fingerprint density at radius 1 is 1.33 bits per heavy atom. The number of thiophene rings is 1. The fourth-order valence-corrected chi connectivity index (χ4v) is 2.91. The molecule has 0 saturated heterocycles. The molecular formula is C13H13Cl2NOS. The minimum absolute atomic E-state index is 0.259. The molecule has 2 N–H and O–H groups in total. The summed E-state index contributed by atoms with van der Waals surface area (Å²) in [4.78, 5) is 1.05. The van der Waals surface area contributed by atoms with Crippen LogP contribution in [0.4, 0.5) is 0 Å². The first kappa shape index (κ1) is 13.7. The number of hydrogen-bond acceptors (Lipinski definition) is 3. The van der Waals surface area contributed by atoms with Gasteiger partial charge in [-0.25, -0.2) is 0 Å². The molecule has 1 atom stereocenters. The van der Waals surface area contributed by atoms with Crippen LogP contribution in [0.15, 0.2) is 29.6 Å². The van der Waals surface area contributed by atoms with E-state index in [0.29, 0.717) is 22.4 Å². The van der Waals surface area contributed by atoms with Crippen LogP contribution in [0.1, 0.15) is 23.4 Å². The molecule has 2 aromatic rings. The fourth-order valence-electron chi connectivity index (χ4n) is 1.67. The summed E-state index contributed by atoms with van der Waals surface area (Å²) in [6.45, 7) is 2.45. The van der Waals surface area contributed by atoms with E-state index in [1.165, 1.54) is 0 Å². The lowest BCUT2D eigenvalue weighted by Gasteiger charge is -2.15. The molecule has 1 heterocycles. The van der Waals surface area contributed by atoms with Gasteiger partial charge in [0.25, 0.3) is 0 Å². The largest absolute Gasteiger partial charge is 0.492 e. The van der Waals surface area contributed by atoms with Crippen molar-refractivity contribution in [3.05, 3.63) is 50.1 Å². The summed E-state index contributed by atoms with van der Waals surface area (Å²) in [5.41, 5.74) is 6.99. The number of benzene rings is 1. The molecule has 0 radical (unpaired) electrons. The summed E-state index contributed by atoms with van der Waals surface area (Å²) in [6.07, 6.45) is 0. The summed E-state index contributed by atoms with van der Waals surface area (Å²) in [5.74, 6) is 0.589. The van der Waals surface area contributed by atoms with E-state index in [1.54, 1.807) is 23.5 Å². The second-order valence-corrected chi connectivity index (χ2v) is 5.52. The summed E-state index contributed by atoms with van der Waals surface area (Å²) in [7, 11) is 0. The standard InChI is InChI=1S/C13H13Cl2NOS/c1-2-17-11-7-9(14)8(6-10(11)15)13(16)12-4-3-5-18-12/h3-7,13H,2,16H2,1H3. The quantitative estimate of drug-likeness (QED) is 0.902. The molecule has 2 rings (SSSR count). The predicted octanol–water partition coefficient (Wildman–Crippen LogP) is 4.50. The van der Waals surface area contributed by atoms with Crippen LogP contribution in [0.2, 0.25) is 10.0 Å². The first-order chi connectivity index (χ1) is 8.63. The number of nitrogens with two attached hydrogens (primary N) is 1. The second-order valence-electron chi connectivity index (χ2n) is 3.73. The van der Waals surface area contributed by atoms with Gasteiger partial charge in [-0.2, -0.15) is 0 Å². The Morgan fingerprint density at radius 3 is 2.72 bits per heavy atom. The topological polar surface area (TPSA) is 35.2 Å². The molecule has 0 fully saturated rings. The average Bonchev–Trinajstić information content (AvgIpc) is 2.86. The van der Waals surface area contributed by atoms with Gasteiger partial charge in [0, 0.05) is 16.0 Å². The number of rotatable bonds is 4. The van der Waals surface area contributed by atoms with E-state index in [2.05, 4.69) is 0 Å². The van der Waals surface area contributed by atoms with Crippen LogP contribution in [-0.4, -0.2) is 6.61 Å². The predicted molar refractivity (Wildman–Crippen MR) is 78.0 cm³/mol. The SMILES string of the molecule is CCOc1cc(Cl)c(C(N)c2cccs2)cc1Cl. The molecule has 96 valence electrons. The first-order valence-corrected chi connectivity index (χ1v) is 7.17. The van der Waals surface area contributed by atoms with Crippen molar-refractivity contribution in [1.29, 1.82) is 0 Å². The van der Waals surface area contributed by atoms with Crippen molar-refractivity contribution < 1.29 is 4.74 Å². The Bertz CT molecular complexity index is 528. The molecule has 1 aromatic carbocycles. The highest BCUT2D eigenvalue weighted by atomic mass is 35.5. The van der Waals surface area contributed by atoms with Gasteiger partial charge in [0.1, 0.15) is 5.75 Å². The zero-order valence-corrected chi connectivity index (χ0v) is 12.1. The Balaban J connectivity index is 2.37. The van der Waals surface area contributed by atoms with Crippen LogP contribution < -0.4 is 10.5 Å². The van der Waals surface area contributed by atoms with Gasteiger partial charge in [-0.1, -0.05) is 29.3 Å². The minimum Gasteiger partial charge on any atom is -0.492 e. The van der Waals surface area contributed by atoms with Crippen molar-refractivity contribution in [1.82, 2.24) is 0 Å². The molecule has 5 heteroatoms. The smallest absolute Gasteiger partial charge is 0.139 e. The highest BCUT2D eigenvalue weighted by molar-refractivity contribution is 7.10. The number of halogens is 2. The fraction of sp³-hybridized carbons (Fsp3) is 0.231. The Kier molecular flexibility index (Phi) is 4.51. The molecule has 0 aliphatic rings. The molecule has 0 bridgehead atoms. The number of ether oxygens (including phenoxy) is 1. The van der Waals surface area contributed by atoms with Gasteiger partial charge in [-0.15, -0.1) is 11.3 Å². The van der Waals surface area contributed by atoms with E-state index >= 15 is 0 Å². The molecule has 18 heavy (non-hydrogen) atoms. The van der Waals surface area contributed by atoms with Crippen molar-refractivity contribution in [2.24, 2.45) is 5.73 Å². The normalized spacial score (nSPS) is 12.4. The average molecular weight is 302 g/mol. The maximum absolute atomic E-state index is 6.23. The van der Waals surface area contributed by atoms with Gasteiger partial charge in [-0.05, 0) is 30.0 Å². The van der Waals surface area contributed by atoms with E-state index in [-0.39, 0.29) is 6.04 Å². The molecule has 0 aliphatic carbocycles. The lowest BCUT2D eigenvalue weighted by atomic mass is 10.1. The monoisotopic (exact) mass is 301 g/mol. The minimum atomic E-state index is -0.259. The lowest BCUT2D eigenvalue weighted by molar-refractivity contribution is 0.340. The van der Waals surface area contributed by atoms with Crippen LogP contribution in [0.3, 0.4) is 0 Å². The molecule has 0 aliphatic heterocycles. The van der Waals surface area contributed by atoms with Crippen molar-refractivity contribution >= 4 is 34.5 Å². The highest BCUT2D eigenvalue weighted by Gasteiger charge is 2.16. The summed E-state index contributed by atoms with van der Waals surface area (Å²) in [6, 6.07) is 7.18. The number of hydrogen-bond donors (Lipinski definition) is 1. The van der Waals surface area contributed by atoms with E-state index in [1.807, 2.05) is 24.4 Å². The van der Waals surface area contributed by atoms with Crippen LogP contribution >= 0.6 is 34.5 Å².